The van der Waals surface area contributed by atoms with Crippen LogP contribution in [0.2, 0.25) is 0 Å². The zero-order valence-corrected chi connectivity index (χ0v) is 20.3. The van der Waals surface area contributed by atoms with E-state index in [2.05, 4.69) is 64.9 Å². The molecule has 1 aromatic rings. The van der Waals surface area contributed by atoms with Gasteiger partial charge in [-0.15, -0.1) is 0 Å². The summed E-state index contributed by atoms with van der Waals surface area (Å²) in [6.07, 6.45) is 4.23. The number of fused-ring (bicyclic) bond motifs is 1. The number of amides is 1. The van der Waals surface area contributed by atoms with E-state index in [1.165, 1.54) is 6.42 Å². The second kappa shape index (κ2) is 8.65. The Bertz CT molecular complexity index is 739. The lowest BCUT2D eigenvalue weighted by Crippen LogP contribution is -2.60. The van der Waals surface area contributed by atoms with E-state index in [-0.39, 0.29) is 29.4 Å². The minimum atomic E-state index is -0.346. The molecule has 1 heterocycles. The first-order chi connectivity index (χ1) is 13.1. The number of phenols is 1. The molecule has 0 aromatic heterocycles. The number of rotatable bonds is 4. The largest absolute Gasteiger partial charge is 0.506 e. The van der Waals surface area contributed by atoms with Crippen molar-refractivity contribution < 1.29 is 14.6 Å². The van der Waals surface area contributed by atoms with Gasteiger partial charge in [0.05, 0.1) is 16.7 Å². The molecular formula is C22H31Br2NO3. The van der Waals surface area contributed by atoms with Gasteiger partial charge < -0.3 is 15.2 Å². The van der Waals surface area contributed by atoms with Crippen molar-refractivity contribution in [2.75, 3.05) is 0 Å². The molecule has 156 valence electrons. The fourth-order valence-electron chi connectivity index (χ4n) is 4.90. The third-order valence-corrected chi connectivity index (χ3v) is 7.31. The third-order valence-electron chi connectivity index (χ3n) is 6.24. The first-order valence-corrected chi connectivity index (χ1v) is 11.8. The number of hydrogen-bond donors (Lipinski definition) is 2. The van der Waals surface area contributed by atoms with Gasteiger partial charge in [0.15, 0.2) is 0 Å². The van der Waals surface area contributed by atoms with Gasteiger partial charge in [-0.2, -0.15) is 0 Å². The van der Waals surface area contributed by atoms with Crippen LogP contribution >= 0.6 is 31.9 Å². The summed E-state index contributed by atoms with van der Waals surface area (Å²) < 4.78 is 8.08. The Morgan fingerprint density at radius 1 is 1.36 bits per heavy atom. The average Bonchev–Trinajstić information content (AvgIpc) is 2.56. The Kier molecular flexibility index (Phi) is 6.83. The Morgan fingerprint density at radius 3 is 2.75 bits per heavy atom. The molecule has 4 nitrogen and oxygen atoms in total. The van der Waals surface area contributed by atoms with Gasteiger partial charge in [0.1, 0.15) is 5.75 Å². The Labute approximate surface area is 185 Å². The maximum absolute atomic E-state index is 12.7. The summed E-state index contributed by atoms with van der Waals surface area (Å²) in [6.45, 7) is 8.57. The maximum Gasteiger partial charge on any atom is 0.220 e. The molecule has 0 spiro atoms. The third kappa shape index (κ3) is 4.76. The van der Waals surface area contributed by atoms with Crippen molar-refractivity contribution in [1.29, 1.82) is 0 Å². The number of aromatic hydroxyl groups is 1. The standard InChI is InChI=1S/C22H31Br2NO3/c1-12(2)7-20(26)25-22(4)11-19(15-9-14(23)10-17(24)21(15)27)28-18-8-13(3)5-6-16(18)22/h9-10,12-13,16,18-19,27H,5-8,11H2,1-4H3,(H,25,26)/t13-,16-,18-,19-,22-/m0/s1. The van der Waals surface area contributed by atoms with E-state index < -0.39 is 0 Å². The summed E-state index contributed by atoms with van der Waals surface area (Å²) in [4.78, 5) is 12.7. The van der Waals surface area contributed by atoms with Crippen molar-refractivity contribution >= 4 is 37.8 Å². The lowest BCUT2D eigenvalue weighted by atomic mass is 9.66. The number of carbonyl (C=O) groups excluding carboxylic acids is 1. The van der Waals surface area contributed by atoms with E-state index in [4.69, 9.17) is 4.74 Å². The van der Waals surface area contributed by atoms with Crippen LogP contribution in [0.5, 0.6) is 5.75 Å². The molecule has 6 heteroatoms. The van der Waals surface area contributed by atoms with Crippen LogP contribution in [-0.2, 0) is 9.53 Å². The highest BCUT2D eigenvalue weighted by atomic mass is 79.9. The highest BCUT2D eigenvalue weighted by Crippen LogP contribution is 2.50. The van der Waals surface area contributed by atoms with Crippen molar-refractivity contribution in [1.82, 2.24) is 5.32 Å². The van der Waals surface area contributed by atoms with Gasteiger partial charge in [0.25, 0.3) is 0 Å². The maximum atomic E-state index is 12.7. The Hall–Kier alpha value is -0.590. The zero-order chi connectivity index (χ0) is 20.6. The van der Waals surface area contributed by atoms with Crippen LogP contribution < -0.4 is 5.32 Å². The summed E-state index contributed by atoms with van der Waals surface area (Å²) in [6, 6.07) is 3.75. The molecule has 28 heavy (non-hydrogen) atoms. The number of carbonyl (C=O) groups is 1. The van der Waals surface area contributed by atoms with E-state index in [1.54, 1.807) is 0 Å². The second-order valence-corrected chi connectivity index (χ2v) is 11.1. The molecule has 3 rings (SSSR count). The van der Waals surface area contributed by atoms with Gasteiger partial charge in [-0.25, -0.2) is 0 Å². The number of ether oxygens (including phenoxy) is 1. The Morgan fingerprint density at radius 2 is 2.07 bits per heavy atom. The van der Waals surface area contributed by atoms with Crippen LogP contribution in [0.15, 0.2) is 21.1 Å². The first-order valence-electron chi connectivity index (χ1n) is 10.2. The van der Waals surface area contributed by atoms with E-state index in [0.717, 1.165) is 22.9 Å². The first kappa shape index (κ1) is 22.1. The van der Waals surface area contributed by atoms with Gasteiger partial charge in [0, 0.05) is 34.3 Å². The van der Waals surface area contributed by atoms with Crippen LogP contribution in [-0.4, -0.2) is 22.7 Å². The van der Waals surface area contributed by atoms with E-state index >= 15 is 0 Å². The second-order valence-electron chi connectivity index (χ2n) is 9.28. The van der Waals surface area contributed by atoms with Gasteiger partial charge in [-0.1, -0.05) is 43.1 Å². The summed E-state index contributed by atoms with van der Waals surface area (Å²) in [5.41, 5.74) is 0.420. The number of phenolic OH excluding ortho intramolecular Hbond substituents is 1. The number of benzene rings is 1. The molecule has 0 radical (unpaired) electrons. The molecular weight excluding hydrogens is 486 g/mol. The van der Waals surface area contributed by atoms with Crippen molar-refractivity contribution in [3.8, 4) is 5.75 Å². The number of halogens is 2. The van der Waals surface area contributed by atoms with Crippen LogP contribution in [0.3, 0.4) is 0 Å². The van der Waals surface area contributed by atoms with Crippen molar-refractivity contribution in [2.45, 2.75) is 77.5 Å². The molecule has 1 amide bonds. The quantitative estimate of drug-likeness (QED) is 0.508. The van der Waals surface area contributed by atoms with Crippen LogP contribution in [0, 0.1) is 17.8 Å². The fraction of sp³-hybridized carbons (Fsp3) is 0.682. The fourth-order valence-corrected chi connectivity index (χ4v) is 6.16. The summed E-state index contributed by atoms with van der Waals surface area (Å²) in [5, 5.41) is 14.0. The molecule has 0 unspecified atom stereocenters. The predicted octanol–water partition coefficient (Wildman–Crippen LogP) is 6.10. The zero-order valence-electron chi connectivity index (χ0n) is 17.1. The van der Waals surface area contributed by atoms with Crippen molar-refractivity contribution in [2.24, 2.45) is 17.8 Å². The van der Waals surface area contributed by atoms with E-state index in [1.807, 2.05) is 12.1 Å². The van der Waals surface area contributed by atoms with Gasteiger partial charge in [-0.05, 0) is 59.7 Å². The van der Waals surface area contributed by atoms with Crippen LogP contribution in [0.25, 0.3) is 0 Å². The smallest absolute Gasteiger partial charge is 0.220 e. The highest BCUT2D eigenvalue weighted by molar-refractivity contribution is 9.11. The normalized spacial score (nSPS) is 32.8. The molecule has 2 aliphatic rings. The molecule has 0 bridgehead atoms. The van der Waals surface area contributed by atoms with Gasteiger partial charge in [0.2, 0.25) is 5.91 Å². The molecule has 1 saturated carbocycles. The van der Waals surface area contributed by atoms with Crippen molar-refractivity contribution in [3.63, 3.8) is 0 Å². The molecule has 1 saturated heterocycles. The average molecular weight is 517 g/mol. The SMILES string of the molecule is CC(C)CC(=O)N[C@@]1(C)C[C@@H](c2cc(Br)cc(Br)c2O)O[C@H]2C[C@@H](C)CC[C@@H]21. The van der Waals surface area contributed by atoms with Crippen LogP contribution in [0.1, 0.15) is 71.5 Å². The number of hydrogen-bond acceptors (Lipinski definition) is 3. The van der Waals surface area contributed by atoms with E-state index in [9.17, 15) is 9.90 Å². The monoisotopic (exact) mass is 515 g/mol. The minimum Gasteiger partial charge on any atom is -0.506 e. The van der Waals surface area contributed by atoms with Crippen molar-refractivity contribution in [3.05, 3.63) is 26.6 Å². The molecule has 1 aliphatic carbocycles. The molecule has 2 N–H and O–H groups in total. The van der Waals surface area contributed by atoms with Crippen LogP contribution in [0.4, 0.5) is 0 Å². The summed E-state index contributed by atoms with van der Waals surface area (Å²) in [7, 11) is 0. The molecule has 1 aliphatic heterocycles. The Balaban J connectivity index is 1.93. The molecule has 1 aromatic carbocycles. The van der Waals surface area contributed by atoms with Gasteiger partial charge in [-0.3, -0.25) is 4.79 Å². The lowest BCUT2D eigenvalue weighted by molar-refractivity contribution is -0.154. The topological polar surface area (TPSA) is 58.6 Å². The summed E-state index contributed by atoms with van der Waals surface area (Å²) in [5.74, 6) is 1.56. The lowest BCUT2D eigenvalue weighted by Gasteiger charge is -2.52. The summed E-state index contributed by atoms with van der Waals surface area (Å²) >= 11 is 6.95. The molecule has 5 atom stereocenters. The van der Waals surface area contributed by atoms with E-state index in [0.29, 0.717) is 35.1 Å². The highest BCUT2D eigenvalue weighted by Gasteiger charge is 2.49. The number of nitrogens with one attached hydrogen (secondary N) is 1. The predicted molar refractivity (Wildman–Crippen MR) is 118 cm³/mol. The van der Waals surface area contributed by atoms with Gasteiger partial charge >= 0.3 is 0 Å². The molecule has 2 fully saturated rings. The minimum absolute atomic E-state index is 0.0870.